The normalized spacial score (nSPS) is 15.7. The maximum Gasteiger partial charge on any atom is 0.586 e. The molecule has 0 saturated heterocycles. The standard InChI is InChI=1S/C9H6F2N4O2S/c10-9(11)16-6-3-1-2-5(7(6)17-9)13-8-12-4-15(18)14-8/h1-4,18H,(H,13,14). The van der Waals surface area contributed by atoms with Crippen LogP contribution in [0.25, 0.3) is 0 Å². The van der Waals surface area contributed by atoms with E-state index >= 15 is 0 Å². The van der Waals surface area contributed by atoms with E-state index in [2.05, 4.69) is 37.7 Å². The van der Waals surface area contributed by atoms with Gasteiger partial charge in [-0.2, -0.15) is 9.07 Å². The molecular weight excluding hydrogens is 266 g/mol. The van der Waals surface area contributed by atoms with Crippen LogP contribution in [0.2, 0.25) is 0 Å². The number of nitrogens with zero attached hydrogens (tertiary/aromatic N) is 3. The number of hydrogen-bond acceptors (Lipinski definition) is 6. The third-order valence-corrected chi connectivity index (χ3v) is 2.35. The molecule has 1 aliphatic heterocycles. The predicted molar refractivity (Wildman–Crippen MR) is 60.3 cm³/mol. The van der Waals surface area contributed by atoms with Crippen LogP contribution in [-0.4, -0.2) is 20.5 Å². The average Bonchev–Trinajstić information content (AvgIpc) is 2.81. The van der Waals surface area contributed by atoms with E-state index in [0.717, 1.165) is 0 Å². The van der Waals surface area contributed by atoms with Crippen LogP contribution < -0.4 is 14.8 Å². The summed E-state index contributed by atoms with van der Waals surface area (Å²) in [5.74, 6) is 0.0746. The predicted octanol–water partition coefficient (Wildman–Crippen LogP) is 2.04. The minimum atomic E-state index is -3.66. The van der Waals surface area contributed by atoms with Crippen molar-refractivity contribution >= 4 is 24.5 Å². The summed E-state index contributed by atoms with van der Waals surface area (Å²) in [7, 11) is 0. The summed E-state index contributed by atoms with van der Waals surface area (Å²) in [4.78, 5) is 3.85. The molecule has 0 atom stereocenters. The monoisotopic (exact) mass is 272 g/mol. The Morgan fingerprint density at radius 1 is 1.33 bits per heavy atom. The Labute approximate surface area is 105 Å². The first-order valence-electron chi connectivity index (χ1n) is 4.80. The van der Waals surface area contributed by atoms with Crippen LogP contribution in [-0.2, 0) is 0 Å². The molecule has 18 heavy (non-hydrogen) atoms. The molecule has 2 heterocycles. The van der Waals surface area contributed by atoms with Crippen molar-refractivity contribution in [3.8, 4) is 11.5 Å². The van der Waals surface area contributed by atoms with E-state index in [-0.39, 0.29) is 23.1 Å². The summed E-state index contributed by atoms with van der Waals surface area (Å²) in [6.45, 7) is 0. The van der Waals surface area contributed by atoms with Gasteiger partial charge >= 0.3 is 6.29 Å². The smallest absolute Gasteiger partial charge is 0.395 e. The van der Waals surface area contributed by atoms with Crippen LogP contribution in [0.5, 0.6) is 11.5 Å². The highest BCUT2D eigenvalue weighted by Crippen LogP contribution is 2.46. The van der Waals surface area contributed by atoms with Crippen LogP contribution in [0, 0.1) is 0 Å². The summed E-state index contributed by atoms with van der Waals surface area (Å²) in [6, 6.07) is 4.47. The molecule has 0 fully saturated rings. The van der Waals surface area contributed by atoms with Crippen LogP contribution >= 0.6 is 12.8 Å². The van der Waals surface area contributed by atoms with Crippen molar-refractivity contribution in [3.05, 3.63) is 24.5 Å². The number of hydrogen-bond donors (Lipinski definition) is 2. The number of halogens is 2. The third-order valence-electron chi connectivity index (χ3n) is 2.16. The van der Waals surface area contributed by atoms with Gasteiger partial charge in [0.1, 0.15) is 6.33 Å². The summed E-state index contributed by atoms with van der Waals surface area (Å²) >= 11 is 3.91. The molecule has 2 aromatic rings. The quantitative estimate of drug-likeness (QED) is 0.819. The minimum Gasteiger partial charge on any atom is -0.395 e. The largest absolute Gasteiger partial charge is 0.586 e. The zero-order valence-electron chi connectivity index (χ0n) is 8.67. The summed E-state index contributed by atoms with van der Waals surface area (Å²) in [5, 5.41) is 6.58. The Bertz CT molecular complexity index is 604. The lowest BCUT2D eigenvalue weighted by atomic mass is 10.3. The van der Waals surface area contributed by atoms with Gasteiger partial charge in [-0.1, -0.05) is 6.07 Å². The fourth-order valence-electron chi connectivity index (χ4n) is 1.50. The summed E-state index contributed by atoms with van der Waals surface area (Å²) in [5.41, 5.74) is 0.282. The molecule has 9 heteroatoms. The van der Waals surface area contributed by atoms with Gasteiger partial charge in [-0.3, -0.25) is 0 Å². The molecule has 1 N–H and O–H groups in total. The van der Waals surface area contributed by atoms with E-state index in [0.29, 0.717) is 0 Å². The Morgan fingerprint density at radius 3 is 2.89 bits per heavy atom. The Kier molecular flexibility index (Phi) is 2.30. The lowest BCUT2D eigenvalue weighted by molar-refractivity contribution is -0.286. The summed E-state index contributed by atoms with van der Waals surface area (Å²) < 4.78 is 35.8. The van der Waals surface area contributed by atoms with Crippen molar-refractivity contribution in [1.82, 2.24) is 14.2 Å². The maximum absolute atomic E-state index is 12.9. The van der Waals surface area contributed by atoms with Gasteiger partial charge in [-0.15, -0.1) is 13.9 Å². The van der Waals surface area contributed by atoms with Gasteiger partial charge in [0, 0.05) is 0 Å². The van der Waals surface area contributed by atoms with E-state index in [9.17, 15) is 8.78 Å². The summed E-state index contributed by atoms with van der Waals surface area (Å²) in [6.07, 6.45) is -2.31. The fraction of sp³-hybridized carbons (Fsp3) is 0.111. The Balaban J connectivity index is 1.93. The van der Waals surface area contributed by atoms with Crippen molar-refractivity contribution in [2.45, 2.75) is 6.29 Å². The molecule has 1 aliphatic rings. The van der Waals surface area contributed by atoms with Gasteiger partial charge in [-0.25, -0.2) is 0 Å². The SMILES string of the molecule is FC1(F)Oc2cccc(Nc3ncn(S)n3)c2O1. The zero-order chi connectivity index (χ0) is 12.8. The van der Waals surface area contributed by atoms with E-state index in [1.54, 1.807) is 12.1 Å². The molecule has 1 aromatic carbocycles. The van der Waals surface area contributed by atoms with E-state index < -0.39 is 6.29 Å². The number of alkyl halides is 2. The molecule has 0 radical (unpaired) electrons. The van der Waals surface area contributed by atoms with Crippen LogP contribution in [0.1, 0.15) is 0 Å². The number of anilines is 2. The molecule has 0 amide bonds. The topological polar surface area (TPSA) is 61.2 Å². The zero-order valence-corrected chi connectivity index (χ0v) is 9.57. The highest BCUT2D eigenvalue weighted by Gasteiger charge is 2.44. The van der Waals surface area contributed by atoms with Crippen molar-refractivity contribution in [2.24, 2.45) is 0 Å². The first-order valence-corrected chi connectivity index (χ1v) is 5.20. The lowest BCUT2D eigenvalue weighted by Gasteiger charge is -2.06. The van der Waals surface area contributed by atoms with Gasteiger partial charge in [0.25, 0.3) is 0 Å². The third kappa shape index (κ3) is 1.92. The molecule has 0 bridgehead atoms. The first kappa shape index (κ1) is 11.1. The van der Waals surface area contributed by atoms with Crippen LogP contribution in [0.4, 0.5) is 20.4 Å². The molecular formula is C9H6F2N4O2S. The molecule has 0 spiro atoms. The number of para-hydroxylation sites is 1. The maximum atomic E-state index is 12.9. The number of ether oxygens (including phenoxy) is 2. The van der Waals surface area contributed by atoms with Crippen molar-refractivity contribution in [2.75, 3.05) is 5.32 Å². The number of aromatic nitrogens is 3. The van der Waals surface area contributed by atoms with E-state index in [4.69, 9.17) is 0 Å². The van der Waals surface area contributed by atoms with Crippen molar-refractivity contribution in [1.29, 1.82) is 0 Å². The second kappa shape index (κ2) is 3.73. The van der Waals surface area contributed by atoms with Gasteiger partial charge in [0.15, 0.2) is 11.5 Å². The number of benzene rings is 1. The van der Waals surface area contributed by atoms with Crippen molar-refractivity contribution < 1.29 is 18.3 Å². The van der Waals surface area contributed by atoms with E-state index in [1.165, 1.54) is 16.5 Å². The molecule has 0 unspecified atom stereocenters. The van der Waals surface area contributed by atoms with E-state index in [1.807, 2.05) is 0 Å². The first-order chi connectivity index (χ1) is 8.53. The van der Waals surface area contributed by atoms with Gasteiger partial charge < -0.3 is 14.8 Å². The highest BCUT2D eigenvalue weighted by molar-refractivity contribution is 7.78. The number of thiol groups is 1. The molecule has 94 valence electrons. The van der Waals surface area contributed by atoms with Crippen LogP contribution in [0.15, 0.2) is 24.5 Å². The number of nitrogens with one attached hydrogen (secondary N) is 1. The van der Waals surface area contributed by atoms with Crippen molar-refractivity contribution in [3.63, 3.8) is 0 Å². The minimum absolute atomic E-state index is 0.0460. The lowest BCUT2D eigenvalue weighted by Crippen LogP contribution is -2.26. The highest BCUT2D eigenvalue weighted by atomic mass is 32.1. The molecule has 3 rings (SSSR count). The fourth-order valence-corrected chi connectivity index (χ4v) is 1.64. The van der Waals surface area contributed by atoms with Gasteiger partial charge in [0.2, 0.25) is 5.95 Å². The second-order valence-corrected chi connectivity index (χ2v) is 3.82. The molecule has 0 aliphatic carbocycles. The Hall–Kier alpha value is -2.03. The van der Waals surface area contributed by atoms with Gasteiger partial charge in [-0.05, 0) is 24.9 Å². The van der Waals surface area contributed by atoms with Crippen LogP contribution in [0.3, 0.4) is 0 Å². The van der Waals surface area contributed by atoms with Gasteiger partial charge in [0.05, 0.1) is 5.69 Å². The molecule has 6 nitrogen and oxygen atoms in total. The number of rotatable bonds is 2. The Morgan fingerprint density at radius 2 is 2.17 bits per heavy atom. The second-order valence-electron chi connectivity index (χ2n) is 3.41. The average molecular weight is 272 g/mol. The molecule has 0 saturated carbocycles. The molecule has 1 aromatic heterocycles. The number of fused-ring (bicyclic) bond motifs is 1.